The minimum atomic E-state index is -0.818. The van der Waals surface area contributed by atoms with Crippen LogP contribution in [0.1, 0.15) is 38.1 Å². The molecule has 2 aromatic carbocycles. The summed E-state index contributed by atoms with van der Waals surface area (Å²) < 4.78 is 26.3. The molecule has 0 N–H and O–H groups in total. The quantitative estimate of drug-likeness (QED) is 0.210. The van der Waals surface area contributed by atoms with Gasteiger partial charge in [0.1, 0.15) is 11.5 Å². The van der Waals surface area contributed by atoms with E-state index >= 15 is 0 Å². The summed E-state index contributed by atoms with van der Waals surface area (Å²) in [7, 11) is 1.54. The van der Waals surface area contributed by atoms with Crippen molar-refractivity contribution in [2.75, 3.05) is 20.3 Å². The van der Waals surface area contributed by atoms with Crippen LogP contribution in [0.3, 0.4) is 0 Å². The zero-order valence-electron chi connectivity index (χ0n) is 22.7. The molecule has 0 spiro atoms. The number of carbonyl (C=O) groups excluding carboxylic acids is 1. The van der Waals surface area contributed by atoms with Crippen molar-refractivity contribution in [3.05, 3.63) is 99.8 Å². The summed E-state index contributed by atoms with van der Waals surface area (Å²) in [6.07, 6.45) is 1.69. The third kappa shape index (κ3) is 5.71. The van der Waals surface area contributed by atoms with Crippen molar-refractivity contribution in [3.8, 4) is 22.8 Å². The van der Waals surface area contributed by atoms with E-state index in [4.69, 9.17) is 18.6 Å². The van der Waals surface area contributed by atoms with Crippen molar-refractivity contribution in [2.45, 2.75) is 26.8 Å². The first kappa shape index (κ1) is 29.1. The van der Waals surface area contributed by atoms with Crippen LogP contribution in [-0.4, -0.2) is 30.9 Å². The molecule has 0 aliphatic carbocycles. The Hall–Kier alpha value is -3.41. The molecule has 1 aliphatic rings. The Balaban J connectivity index is 1.67. The first-order chi connectivity index (χ1) is 19.7. The lowest BCUT2D eigenvalue weighted by atomic mass is 9.95. The van der Waals surface area contributed by atoms with Gasteiger partial charge in [-0.25, -0.2) is 9.79 Å². The Bertz CT molecular complexity index is 1840. The van der Waals surface area contributed by atoms with Crippen LogP contribution < -0.4 is 24.4 Å². The number of benzene rings is 2. The summed E-state index contributed by atoms with van der Waals surface area (Å²) in [5, 5.41) is 0. The minimum Gasteiger partial charge on any atom is -0.493 e. The van der Waals surface area contributed by atoms with Gasteiger partial charge in [-0.2, -0.15) is 0 Å². The highest BCUT2D eigenvalue weighted by atomic mass is 79.9. The molecule has 0 fully saturated rings. The number of hydrogen-bond donors (Lipinski definition) is 0. The zero-order chi connectivity index (χ0) is 29.3. The number of methoxy groups -OCH3 is 1. The van der Waals surface area contributed by atoms with E-state index in [-0.39, 0.29) is 17.7 Å². The summed E-state index contributed by atoms with van der Waals surface area (Å²) in [6.45, 7) is 5.98. The second-order valence-electron chi connectivity index (χ2n) is 8.97. The third-order valence-corrected chi connectivity index (χ3v) is 8.62. The summed E-state index contributed by atoms with van der Waals surface area (Å²) in [5.41, 5.74) is 1.98. The molecule has 41 heavy (non-hydrogen) atoms. The normalized spacial score (nSPS) is 15.0. The lowest BCUT2D eigenvalue weighted by Crippen LogP contribution is -2.40. The third-order valence-electron chi connectivity index (χ3n) is 6.42. The number of thiazole rings is 1. The largest absolute Gasteiger partial charge is 0.493 e. The average molecular weight is 702 g/mol. The standard InChI is InChI=1S/C30H26Br2N2O6S/c1-5-38-24-15-21(32)20(14-23(24)37-4)27-26(29(36)39-6-2)16(3)33-30-34(27)28(35)25(41-30)13-19-11-12-22(40-19)17-7-9-18(31)10-8-17/h7-15,27H,5-6H2,1-4H3/b25-13+/t27-/m1/s1. The lowest BCUT2D eigenvalue weighted by Gasteiger charge is -2.26. The van der Waals surface area contributed by atoms with Crippen molar-refractivity contribution in [3.63, 3.8) is 0 Å². The number of ether oxygens (including phenoxy) is 3. The molecule has 4 aromatic rings. The van der Waals surface area contributed by atoms with Gasteiger partial charge in [-0.05, 0) is 62.7 Å². The molecular weight excluding hydrogens is 676 g/mol. The number of nitrogens with zero attached hydrogens (tertiary/aromatic N) is 2. The molecule has 3 heterocycles. The summed E-state index contributed by atoms with van der Waals surface area (Å²) >= 11 is 8.31. The second-order valence-corrected chi connectivity index (χ2v) is 11.7. The van der Waals surface area contributed by atoms with Crippen LogP contribution in [0.4, 0.5) is 0 Å². The number of rotatable bonds is 8. The van der Waals surface area contributed by atoms with Crippen LogP contribution >= 0.6 is 43.2 Å². The highest BCUT2D eigenvalue weighted by Gasteiger charge is 2.35. The van der Waals surface area contributed by atoms with Crippen molar-refractivity contribution in [1.29, 1.82) is 0 Å². The molecule has 8 nitrogen and oxygen atoms in total. The second kappa shape index (κ2) is 12.2. The van der Waals surface area contributed by atoms with Crippen LogP contribution in [0.15, 0.2) is 83.0 Å². The summed E-state index contributed by atoms with van der Waals surface area (Å²) in [5.74, 6) is 1.67. The molecule has 0 unspecified atom stereocenters. The smallest absolute Gasteiger partial charge is 0.338 e. The van der Waals surface area contributed by atoms with Crippen molar-refractivity contribution in [2.24, 2.45) is 4.99 Å². The van der Waals surface area contributed by atoms with Gasteiger partial charge < -0.3 is 18.6 Å². The van der Waals surface area contributed by atoms with Crippen molar-refractivity contribution < 1.29 is 23.4 Å². The zero-order valence-corrected chi connectivity index (χ0v) is 26.7. The molecule has 0 bridgehead atoms. The Morgan fingerprint density at radius 1 is 1.10 bits per heavy atom. The van der Waals surface area contributed by atoms with Gasteiger partial charge in [-0.3, -0.25) is 9.36 Å². The van der Waals surface area contributed by atoms with E-state index < -0.39 is 12.0 Å². The highest BCUT2D eigenvalue weighted by Crippen LogP contribution is 2.41. The molecular formula is C30H26Br2N2O6S. The van der Waals surface area contributed by atoms with Crippen LogP contribution in [0.25, 0.3) is 17.4 Å². The molecule has 0 saturated heterocycles. The van der Waals surface area contributed by atoms with Gasteiger partial charge in [0.25, 0.3) is 5.56 Å². The average Bonchev–Trinajstić information content (AvgIpc) is 3.53. The molecule has 0 amide bonds. The molecule has 5 rings (SSSR count). The van der Waals surface area contributed by atoms with Crippen molar-refractivity contribution >= 4 is 55.2 Å². The van der Waals surface area contributed by atoms with E-state index in [0.29, 0.717) is 54.7 Å². The van der Waals surface area contributed by atoms with E-state index in [0.717, 1.165) is 10.0 Å². The molecule has 0 radical (unpaired) electrons. The maximum atomic E-state index is 14.0. The van der Waals surface area contributed by atoms with Crippen LogP contribution in [0, 0.1) is 0 Å². The lowest BCUT2D eigenvalue weighted by molar-refractivity contribution is -0.139. The van der Waals surface area contributed by atoms with E-state index in [1.807, 2.05) is 43.3 Å². The highest BCUT2D eigenvalue weighted by molar-refractivity contribution is 9.10. The Morgan fingerprint density at radius 3 is 2.54 bits per heavy atom. The van der Waals surface area contributed by atoms with E-state index in [1.165, 1.54) is 15.9 Å². The number of esters is 1. The van der Waals surface area contributed by atoms with E-state index in [9.17, 15) is 9.59 Å². The fourth-order valence-corrected chi connectivity index (χ4v) is 6.43. The molecule has 1 aliphatic heterocycles. The number of halogens is 2. The molecule has 11 heteroatoms. The Kier molecular flexibility index (Phi) is 8.67. The number of fused-ring (bicyclic) bond motifs is 1. The fourth-order valence-electron chi connectivity index (χ4n) is 4.60. The minimum absolute atomic E-state index is 0.180. The van der Waals surface area contributed by atoms with Gasteiger partial charge in [0.05, 0.1) is 42.2 Å². The predicted molar refractivity (Wildman–Crippen MR) is 164 cm³/mol. The monoisotopic (exact) mass is 700 g/mol. The molecule has 212 valence electrons. The number of furan rings is 1. The summed E-state index contributed by atoms with van der Waals surface area (Å²) in [6, 6.07) is 14.2. The van der Waals surface area contributed by atoms with Gasteiger partial charge in [0.2, 0.25) is 0 Å². The number of carbonyl (C=O) groups is 1. The molecule has 0 saturated carbocycles. The fraction of sp³-hybridized carbons (Fsp3) is 0.233. The number of hydrogen-bond acceptors (Lipinski definition) is 8. The topological polar surface area (TPSA) is 92.3 Å². The van der Waals surface area contributed by atoms with Gasteiger partial charge in [0.15, 0.2) is 16.3 Å². The van der Waals surface area contributed by atoms with Gasteiger partial charge in [-0.15, -0.1) is 0 Å². The Labute approximate surface area is 256 Å². The first-order valence-electron chi connectivity index (χ1n) is 12.8. The van der Waals surface area contributed by atoms with Crippen LogP contribution in [-0.2, 0) is 9.53 Å². The molecule has 1 atom stereocenters. The SMILES string of the molecule is CCOC(=O)C1=C(C)N=c2s/c(=C/c3ccc(-c4ccc(Br)cc4)o3)c(=O)n2[C@@H]1c1cc(OC)c(OCC)cc1Br. The van der Waals surface area contributed by atoms with Gasteiger partial charge >= 0.3 is 5.97 Å². The summed E-state index contributed by atoms with van der Waals surface area (Å²) in [4.78, 5) is 32.3. The van der Waals surface area contributed by atoms with Crippen molar-refractivity contribution in [1.82, 2.24) is 4.57 Å². The van der Waals surface area contributed by atoms with Crippen LogP contribution in [0.2, 0.25) is 0 Å². The predicted octanol–water partition coefficient (Wildman–Crippen LogP) is 5.99. The number of aromatic nitrogens is 1. The van der Waals surface area contributed by atoms with Gasteiger partial charge in [-0.1, -0.05) is 55.3 Å². The molecule has 2 aromatic heterocycles. The van der Waals surface area contributed by atoms with E-state index in [1.54, 1.807) is 39.2 Å². The first-order valence-corrected chi connectivity index (χ1v) is 15.2. The maximum Gasteiger partial charge on any atom is 0.338 e. The van der Waals surface area contributed by atoms with Gasteiger partial charge in [0, 0.05) is 20.6 Å². The van der Waals surface area contributed by atoms with Crippen LogP contribution in [0.5, 0.6) is 11.5 Å². The van der Waals surface area contributed by atoms with E-state index in [2.05, 4.69) is 36.9 Å². The Morgan fingerprint density at radius 2 is 1.85 bits per heavy atom. The maximum absolute atomic E-state index is 14.0. The number of allylic oxidation sites excluding steroid dienone is 1.